The molecule has 0 saturated heterocycles. The van der Waals surface area contributed by atoms with Gasteiger partial charge in [0, 0.05) is 12.6 Å². The number of nitrogens with one attached hydrogen (secondary N) is 1. The van der Waals surface area contributed by atoms with E-state index in [9.17, 15) is 24.0 Å². The van der Waals surface area contributed by atoms with Crippen LogP contribution in [0.2, 0.25) is 0 Å². The highest BCUT2D eigenvalue weighted by atomic mass is 16.5. The van der Waals surface area contributed by atoms with E-state index >= 15 is 0 Å². The van der Waals surface area contributed by atoms with Gasteiger partial charge in [0.2, 0.25) is 5.91 Å². The van der Waals surface area contributed by atoms with Crippen LogP contribution in [0, 0.1) is 0 Å². The maximum atomic E-state index is 12.7. The number of furan rings is 1. The Labute approximate surface area is 190 Å². The molecule has 1 aliphatic heterocycles. The minimum absolute atomic E-state index is 0.0229. The first-order valence-corrected chi connectivity index (χ1v) is 10.5. The van der Waals surface area contributed by atoms with Crippen molar-refractivity contribution in [3.05, 3.63) is 59.0 Å². The average molecular weight is 455 g/mol. The van der Waals surface area contributed by atoms with Gasteiger partial charge in [0.15, 0.2) is 6.61 Å². The normalized spacial score (nSPS) is 12.7. The van der Waals surface area contributed by atoms with Gasteiger partial charge in [-0.1, -0.05) is 0 Å². The molecular formula is C23H25N3O7. The fourth-order valence-corrected chi connectivity index (χ4v) is 3.34. The van der Waals surface area contributed by atoms with E-state index in [1.165, 1.54) is 29.4 Å². The summed E-state index contributed by atoms with van der Waals surface area (Å²) >= 11 is 0. The molecule has 0 bridgehead atoms. The standard InChI is InChI=1S/C23H25N3O7/c1-4-25(12-19(27)24-14(2)3)20(28)13-33-23(31)15-7-8-17-18(10-15)22(30)26(21(17)29)11-16-6-5-9-32-16/h5-10,14H,4,11-13H2,1-3H3,(H,24,27). The molecule has 174 valence electrons. The second kappa shape index (κ2) is 10.1. The van der Waals surface area contributed by atoms with Crippen LogP contribution in [0.4, 0.5) is 0 Å². The Kier molecular flexibility index (Phi) is 7.27. The molecular weight excluding hydrogens is 430 g/mol. The van der Waals surface area contributed by atoms with Crippen LogP contribution in [0.15, 0.2) is 41.0 Å². The van der Waals surface area contributed by atoms with E-state index in [0.717, 1.165) is 4.90 Å². The number of rotatable bonds is 9. The zero-order chi connectivity index (χ0) is 24.1. The summed E-state index contributed by atoms with van der Waals surface area (Å²) in [6.07, 6.45) is 1.44. The quantitative estimate of drug-likeness (QED) is 0.450. The first-order chi connectivity index (χ1) is 15.7. The number of ether oxygens (including phenoxy) is 1. The van der Waals surface area contributed by atoms with Gasteiger partial charge in [-0.15, -0.1) is 0 Å². The third-order valence-corrected chi connectivity index (χ3v) is 4.95. The SMILES string of the molecule is CCN(CC(=O)NC(C)C)C(=O)COC(=O)c1ccc2c(c1)C(=O)N(Cc1ccco1)C2=O. The molecule has 0 spiro atoms. The topological polar surface area (TPSA) is 126 Å². The van der Waals surface area contributed by atoms with E-state index in [4.69, 9.17) is 9.15 Å². The summed E-state index contributed by atoms with van der Waals surface area (Å²) in [5, 5.41) is 2.69. The number of hydrogen-bond donors (Lipinski definition) is 1. The molecule has 0 saturated carbocycles. The summed E-state index contributed by atoms with van der Waals surface area (Å²) in [5.41, 5.74) is 0.281. The van der Waals surface area contributed by atoms with Gasteiger partial charge in [-0.2, -0.15) is 0 Å². The van der Waals surface area contributed by atoms with Gasteiger partial charge in [-0.25, -0.2) is 4.79 Å². The summed E-state index contributed by atoms with van der Waals surface area (Å²) in [5.74, 6) is -2.25. The van der Waals surface area contributed by atoms with Crippen molar-refractivity contribution in [2.45, 2.75) is 33.4 Å². The van der Waals surface area contributed by atoms with Crippen molar-refractivity contribution < 1.29 is 33.1 Å². The third kappa shape index (κ3) is 5.46. The Morgan fingerprint density at radius 1 is 1.12 bits per heavy atom. The smallest absolute Gasteiger partial charge is 0.338 e. The molecule has 0 atom stereocenters. The molecule has 33 heavy (non-hydrogen) atoms. The van der Waals surface area contributed by atoms with Gasteiger partial charge in [-0.05, 0) is 51.1 Å². The van der Waals surface area contributed by atoms with Crippen LogP contribution < -0.4 is 5.32 Å². The lowest BCUT2D eigenvalue weighted by atomic mass is 10.1. The first-order valence-electron chi connectivity index (χ1n) is 10.5. The molecule has 4 amide bonds. The highest BCUT2D eigenvalue weighted by Crippen LogP contribution is 2.26. The minimum atomic E-state index is -0.821. The van der Waals surface area contributed by atoms with Crippen LogP contribution in [0.25, 0.3) is 0 Å². The lowest BCUT2D eigenvalue weighted by Crippen LogP contribution is -2.44. The number of esters is 1. The maximum absolute atomic E-state index is 12.7. The number of benzene rings is 1. The lowest BCUT2D eigenvalue weighted by Gasteiger charge is -2.21. The largest absolute Gasteiger partial charge is 0.467 e. The summed E-state index contributed by atoms with van der Waals surface area (Å²) in [7, 11) is 0. The third-order valence-electron chi connectivity index (χ3n) is 4.95. The van der Waals surface area contributed by atoms with Crippen LogP contribution >= 0.6 is 0 Å². The van der Waals surface area contributed by atoms with Crippen LogP contribution in [0.3, 0.4) is 0 Å². The highest BCUT2D eigenvalue weighted by molar-refractivity contribution is 6.21. The number of likely N-dealkylation sites (N-methyl/N-ethyl adjacent to an activating group) is 1. The number of carbonyl (C=O) groups is 5. The van der Waals surface area contributed by atoms with Crippen molar-refractivity contribution in [3.8, 4) is 0 Å². The second-order valence-corrected chi connectivity index (χ2v) is 7.74. The number of carbonyl (C=O) groups excluding carboxylic acids is 5. The molecule has 0 unspecified atom stereocenters. The van der Waals surface area contributed by atoms with Crippen molar-refractivity contribution in [2.75, 3.05) is 19.7 Å². The molecule has 1 aliphatic rings. The van der Waals surface area contributed by atoms with Gasteiger partial charge in [0.05, 0.1) is 36.0 Å². The van der Waals surface area contributed by atoms with E-state index in [1.54, 1.807) is 19.1 Å². The summed E-state index contributed by atoms with van der Waals surface area (Å²) in [6, 6.07) is 7.26. The van der Waals surface area contributed by atoms with E-state index in [2.05, 4.69) is 5.32 Å². The number of hydrogen-bond acceptors (Lipinski definition) is 7. The molecule has 1 aromatic carbocycles. The summed E-state index contributed by atoms with van der Waals surface area (Å²) in [4.78, 5) is 64.3. The Bertz CT molecular complexity index is 1080. The molecule has 2 aromatic rings. The Hall–Kier alpha value is -3.95. The van der Waals surface area contributed by atoms with Crippen LogP contribution in [-0.4, -0.2) is 65.1 Å². The Morgan fingerprint density at radius 2 is 1.85 bits per heavy atom. The van der Waals surface area contributed by atoms with Crippen molar-refractivity contribution >= 4 is 29.6 Å². The molecule has 0 fully saturated rings. The number of imide groups is 1. The average Bonchev–Trinajstić information content (AvgIpc) is 3.37. The van der Waals surface area contributed by atoms with Crippen molar-refractivity contribution in [3.63, 3.8) is 0 Å². The predicted molar refractivity (Wildman–Crippen MR) is 115 cm³/mol. The molecule has 10 nitrogen and oxygen atoms in total. The zero-order valence-corrected chi connectivity index (χ0v) is 18.6. The zero-order valence-electron chi connectivity index (χ0n) is 18.6. The minimum Gasteiger partial charge on any atom is -0.467 e. The maximum Gasteiger partial charge on any atom is 0.338 e. The van der Waals surface area contributed by atoms with E-state index in [1.807, 2.05) is 13.8 Å². The fraction of sp³-hybridized carbons (Fsp3) is 0.348. The highest BCUT2D eigenvalue weighted by Gasteiger charge is 2.36. The summed E-state index contributed by atoms with van der Waals surface area (Å²) in [6.45, 7) is 4.86. The van der Waals surface area contributed by atoms with E-state index in [0.29, 0.717) is 5.76 Å². The van der Waals surface area contributed by atoms with Gasteiger partial charge in [0.1, 0.15) is 5.76 Å². The van der Waals surface area contributed by atoms with Crippen molar-refractivity contribution in [1.29, 1.82) is 0 Å². The molecule has 0 aliphatic carbocycles. The van der Waals surface area contributed by atoms with E-state index < -0.39 is 30.3 Å². The molecule has 1 N–H and O–H groups in total. The van der Waals surface area contributed by atoms with Crippen LogP contribution in [-0.2, 0) is 20.9 Å². The van der Waals surface area contributed by atoms with Gasteiger partial charge < -0.3 is 19.4 Å². The van der Waals surface area contributed by atoms with Gasteiger partial charge in [-0.3, -0.25) is 24.1 Å². The predicted octanol–water partition coefficient (Wildman–Crippen LogP) is 1.61. The van der Waals surface area contributed by atoms with Crippen LogP contribution in [0.1, 0.15) is 57.6 Å². The van der Waals surface area contributed by atoms with Gasteiger partial charge in [0.25, 0.3) is 17.7 Å². The first kappa shape index (κ1) is 23.7. The lowest BCUT2D eigenvalue weighted by molar-refractivity contribution is -0.138. The van der Waals surface area contributed by atoms with Crippen molar-refractivity contribution in [2.24, 2.45) is 0 Å². The van der Waals surface area contributed by atoms with Gasteiger partial charge >= 0.3 is 5.97 Å². The fourth-order valence-electron chi connectivity index (χ4n) is 3.34. The number of amides is 4. The monoisotopic (exact) mass is 455 g/mol. The Morgan fingerprint density at radius 3 is 2.48 bits per heavy atom. The molecule has 3 rings (SSSR count). The molecule has 1 aromatic heterocycles. The second-order valence-electron chi connectivity index (χ2n) is 7.74. The molecule has 0 radical (unpaired) electrons. The molecule has 2 heterocycles. The number of fused-ring (bicyclic) bond motifs is 1. The van der Waals surface area contributed by atoms with Crippen molar-refractivity contribution in [1.82, 2.24) is 15.1 Å². The summed E-state index contributed by atoms with van der Waals surface area (Å²) < 4.78 is 10.3. The number of nitrogens with zero attached hydrogens (tertiary/aromatic N) is 2. The van der Waals surface area contributed by atoms with E-state index in [-0.39, 0.29) is 48.3 Å². The van der Waals surface area contributed by atoms with Crippen LogP contribution in [0.5, 0.6) is 0 Å². The Balaban J connectivity index is 1.62. The molecule has 10 heteroatoms.